The lowest BCUT2D eigenvalue weighted by Crippen LogP contribution is -1.92. The highest BCUT2D eigenvalue weighted by Crippen LogP contribution is 2.47. The molecule has 0 N–H and O–H groups in total. The van der Waals surface area contributed by atoms with Crippen LogP contribution in [0.3, 0.4) is 0 Å². The van der Waals surface area contributed by atoms with Gasteiger partial charge < -0.3 is 0 Å². The number of azo groups is 1. The molecule has 21 heavy (non-hydrogen) atoms. The summed E-state index contributed by atoms with van der Waals surface area (Å²) in [6.07, 6.45) is -1.70. The Balaban J connectivity index is 2.11. The lowest BCUT2D eigenvalue weighted by molar-refractivity contribution is 0.413. The minimum absolute atomic E-state index is 0.0501. The van der Waals surface area contributed by atoms with E-state index in [1.807, 2.05) is 48.5 Å². The van der Waals surface area contributed by atoms with E-state index in [9.17, 15) is 8.78 Å². The van der Waals surface area contributed by atoms with Crippen molar-refractivity contribution in [2.24, 2.45) is 10.2 Å². The van der Waals surface area contributed by atoms with Crippen LogP contribution in [0.25, 0.3) is 16.7 Å². The molecule has 0 fully saturated rings. The largest absolute Gasteiger partial charge is 0.277 e. The van der Waals surface area contributed by atoms with E-state index >= 15 is 0 Å². The highest BCUT2D eigenvalue weighted by atomic mass is 19.3. The Labute approximate surface area is 120 Å². The van der Waals surface area contributed by atoms with Crippen molar-refractivity contribution in [2.75, 3.05) is 6.54 Å². The van der Waals surface area contributed by atoms with Crippen LogP contribution in [0.4, 0.5) is 8.78 Å². The number of halogens is 2. The van der Waals surface area contributed by atoms with E-state index in [0.29, 0.717) is 5.70 Å². The van der Waals surface area contributed by atoms with Gasteiger partial charge in [0.1, 0.15) is 5.70 Å². The number of hydrogen-bond acceptors (Lipinski definition) is 2. The average molecular weight is 280 g/mol. The van der Waals surface area contributed by atoms with E-state index < -0.39 is 6.08 Å². The number of fused-ring (bicyclic) bond motifs is 3. The topological polar surface area (TPSA) is 24.7 Å². The first-order valence-corrected chi connectivity index (χ1v) is 6.63. The van der Waals surface area contributed by atoms with Gasteiger partial charge in [0, 0.05) is 5.57 Å². The fourth-order valence-corrected chi connectivity index (χ4v) is 2.93. The van der Waals surface area contributed by atoms with Crippen LogP contribution in [-0.2, 0) is 0 Å². The molecule has 1 heterocycles. The molecule has 0 bridgehead atoms. The average Bonchev–Trinajstić information content (AvgIpc) is 3.09. The lowest BCUT2D eigenvalue weighted by atomic mass is 9.99. The molecule has 0 amide bonds. The van der Waals surface area contributed by atoms with Crippen molar-refractivity contribution in [1.29, 1.82) is 0 Å². The minimum Gasteiger partial charge on any atom is -0.184 e. The SMILES string of the molecule is FC(F)=C1CN=NC1=C1c2ccccc2-c2ccccc21. The smallest absolute Gasteiger partial charge is 0.184 e. The van der Waals surface area contributed by atoms with Gasteiger partial charge in [-0.25, -0.2) is 0 Å². The number of benzene rings is 2. The maximum Gasteiger partial charge on any atom is 0.277 e. The van der Waals surface area contributed by atoms with Crippen LogP contribution in [0.1, 0.15) is 11.1 Å². The number of nitrogens with zero attached hydrogens (tertiary/aromatic N) is 2. The molecule has 2 nitrogen and oxygen atoms in total. The molecule has 0 saturated heterocycles. The van der Waals surface area contributed by atoms with Crippen molar-refractivity contribution >= 4 is 5.57 Å². The third-order valence-corrected chi connectivity index (χ3v) is 3.83. The van der Waals surface area contributed by atoms with Crippen LogP contribution in [0.2, 0.25) is 0 Å². The summed E-state index contributed by atoms with van der Waals surface area (Å²) in [5, 5.41) is 7.77. The Morgan fingerprint density at radius 3 is 1.86 bits per heavy atom. The van der Waals surface area contributed by atoms with E-state index in [-0.39, 0.29) is 12.1 Å². The van der Waals surface area contributed by atoms with Crippen LogP contribution >= 0.6 is 0 Å². The summed E-state index contributed by atoms with van der Waals surface area (Å²) >= 11 is 0. The molecule has 1 aliphatic carbocycles. The third kappa shape index (κ3) is 1.69. The molecule has 4 heteroatoms. The van der Waals surface area contributed by atoms with Gasteiger partial charge in [-0.3, -0.25) is 0 Å². The summed E-state index contributed by atoms with van der Waals surface area (Å²) in [5.74, 6) is 0. The Kier molecular flexibility index (Phi) is 2.57. The number of rotatable bonds is 0. The molecular weight excluding hydrogens is 270 g/mol. The molecule has 0 spiro atoms. The normalized spacial score (nSPS) is 15.4. The van der Waals surface area contributed by atoms with Gasteiger partial charge in [-0.1, -0.05) is 48.5 Å². The maximum atomic E-state index is 13.1. The van der Waals surface area contributed by atoms with Crippen molar-refractivity contribution in [2.45, 2.75) is 0 Å². The molecule has 0 aromatic heterocycles. The van der Waals surface area contributed by atoms with Gasteiger partial charge in [0.15, 0.2) is 0 Å². The van der Waals surface area contributed by atoms with Crippen LogP contribution < -0.4 is 0 Å². The molecule has 4 rings (SSSR count). The first-order chi connectivity index (χ1) is 10.3. The molecule has 0 radical (unpaired) electrons. The third-order valence-electron chi connectivity index (χ3n) is 3.83. The first-order valence-electron chi connectivity index (χ1n) is 6.63. The summed E-state index contributed by atoms with van der Waals surface area (Å²) in [7, 11) is 0. The summed E-state index contributed by atoms with van der Waals surface area (Å²) < 4.78 is 26.2. The van der Waals surface area contributed by atoms with Crippen molar-refractivity contribution < 1.29 is 8.78 Å². The van der Waals surface area contributed by atoms with E-state index in [0.717, 1.165) is 27.8 Å². The predicted octanol–water partition coefficient (Wildman–Crippen LogP) is 5.04. The summed E-state index contributed by atoms with van der Waals surface area (Å²) in [4.78, 5) is 0. The monoisotopic (exact) mass is 280 g/mol. The number of hydrogen-bond donors (Lipinski definition) is 0. The van der Waals surface area contributed by atoms with Crippen molar-refractivity contribution in [3.05, 3.63) is 77.0 Å². The molecule has 2 aliphatic rings. The molecule has 0 atom stereocenters. The van der Waals surface area contributed by atoms with Gasteiger partial charge in [-0.2, -0.15) is 19.0 Å². The van der Waals surface area contributed by atoms with Crippen LogP contribution in [-0.4, -0.2) is 6.54 Å². The Morgan fingerprint density at radius 1 is 0.810 bits per heavy atom. The second-order valence-electron chi connectivity index (χ2n) is 4.95. The van der Waals surface area contributed by atoms with E-state index in [1.165, 1.54) is 0 Å². The standard InChI is InChI=1S/C17H10F2N2/c18-17(19)14-9-20-21-16(14)15-12-7-3-1-5-10(12)11-6-2-4-8-13(11)15/h1-8H,9H2. The minimum atomic E-state index is -1.70. The highest BCUT2D eigenvalue weighted by Gasteiger charge is 2.30. The van der Waals surface area contributed by atoms with Gasteiger partial charge in [-0.15, -0.1) is 0 Å². The quantitative estimate of drug-likeness (QED) is 0.551. The van der Waals surface area contributed by atoms with Crippen LogP contribution in [0, 0.1) is 0 Å². The van der Waals surface area contributed by atoms with Gasteiger partial charge in [0.25, 0.3) is 6.08 Å². The molecule has 2 aromatic rings. The summed E-state index contributed by atoms with van der Waals surface area (Å²) in [5.41, 5.74) is 4.96. The molecule has 2 aromatic carbocycles. The van der Waals surface area contributed by atoms with Gasteiger partial charge in [0.2, 0.25) is 0 Å². The van der Waals surface area contributed by atoms with Gasteiger partial charge in [-0.05, 0) is 22.3 Å². The second-order valence-corrected chi connectivity index (χ2v) is 4.95. The molecule has 0 saturated carbocycles. The Bertz CT molecular complexity index is 796. The van der Waals surface area contributed by atoms with Gasteiger partial charge in [0.05, 0.1) is 12.1 Å². The van der Waals surface area contributed by atoms with E-state index in [2.05, 4.69) is 10.2 Å². The van der Waals surface area contributed by atoms with Gasteiger partial charge >= 0.3 is 0 Å². The van der Waals surface area contributed by atoms with Crippen LogP contribution in [0.15, 0.2) is 76.1 Å². The second kappa shape index (κ2) is 4.45. The lowest BCUT2D eigenvalue weighted by Gasteiger charge is -2.06. The molecule has 1 aliphatic heterocycles. The molecule has 0 unspecified atom stereocenters. The maximum absolute atomic E-state index is 13.1. The van der Waals surface area contributed by atoms with Crippen molar-refractivity contribution in [3.63, 3.8) is 0 Å². The van der Waals surface area contributed by atoms with Crippen molar-refractivity contribution in [3.8, 4) is 11.1 Å². The molecular formula is C17H10F2N2. The van der Waals surface area contributed by atoms with Crippen molar-refractivity contribution in [1.82, 2.24) is 0 Å². The Hall–Kier alpha value is -2.62. The molecule has 102 valence electrons. The predicted molar refractivity (Wildman–Crippen MR) is 76.9 cm³/mol. The zero-order chi connectivity index (χ0) is 14.4. The highest BCUT2D eigenvalue weighted by molar-refractivity contribution is 6.03. The van der Waals surface area contributed by atoms with E-state index in [1.54, 1.807) is 0 Å². The van der Waals surface area contributed by atoms with E-state index in [4.69, 9.17) is 0 Å². The fourth-order valence-electron chi connectivity index (χ4n) is 2.93. The Morgan fingerprint density at radius 2 is 1.33 bits per heavy atom. The summed E-state index contributed by atoms with van der Waals surface area (Å²) in [6.45, 7) is -0.0501. The fraction of sp³-hybridized carbons (Fsp3) is 0.0588. The zero-order valence-electron chi connectivity index (χ0n) is 11.0. The first kappa shape index (κ1) is 12.1. The zero-order valence-corrected chi connectivity index (χ0v) is 11.0. The summed E-state index contributed by atoms with van der Waals surface area (Å²) in [6, 6.07) is 15.6. The van der Waals surface area contributed by atoms with Crippen LogP contribution in [0.5, 0.6) is 0 Å².